The molecular formula is C19H23ClN6OS. The average molecular weight is 419 g/mol. The summed E-state index contributed by atoms with van der Waals surface area (Å²) in [6, 6.07) is 7.27. The van der Waals surface area contributed by atoms with Crippen molar-refractivity contribution in [3.05, 3.63) is 34.9 Å². The van der Waals surface area contributed by atoms with E-state index in [9.17, 15) is 4.79 Å². The summed E-state index contributed by atoms with van der Waals surface area (Å²) >= 11 is 7.82. The molecule has 7 nitrogen and oxygen atoms in total. The summed E-state index contributed by atoms with van der Waals surface area (Å²) in [5.74, 6) is 2.46. The largest absolute Gasteiger partial charge is 0.332 e. The van der Waals surface area contributed by atoms with Crippen LogP contribution in [0.25, 0.3) is 0 Å². The minimum Gasteiger partial charge on any atom is -0.332 e. The van der Waals surface area contributed by atoms with Crippen molar-refractivity contribution in [2.24, 2.45) is 10.1 Å². The predicted octanol–water partition coefficient (Wildman–Crippen LogP) is 2.53. The highest BCUT2D eigenvalue weighted by atomic mass is 35.5. The van der Waals surface area contributed by atoms with E-state index in [1.807, 2.05) is 35.4 Å². The molecule has 1 N–H and O–H groups in total. The Morgan fingerprint density at radius 3 is 2.89 bits per heavy atom. The molecule has 1 aromatic carbocycles. The zero-order valence-electron chi connectivity index (χ0n) is 15.8. The Hall–Kier alpha value is -2.24. The van der Waals surface area contributed by atoms with E-state index in [-0.39, 0.29) is 11.9 Å². The second-order valence-electron chi connectivity index (χ2n) is 6.42. The molecule has 1 amide bonds. The molecule has 0 bridgehead atoms. The van der Waals surface area contributed by atoms with Crippen molar-refractivity contribution in [1.82, 2.24) is 15.2 Å². The molecule has 1 unspecified atom stereocenters. The number of benzene rings is 1. The van der Waals surface area contributed by atoms with E-state index < -0.39 is 0 Å². The quantitative estimate of drug-likeness (QED) is 0.252. The number of thioether (sulfide) groups is 1. The van der Waals surface area contributed by atoms with Gasteiger partial charge in [0.2, 0.25) is 11.9 Å². The Labute approximate surface area is 174 Å². The molecule has 9 heteroatoms. The number of nitriles is 1. The first-order chi connectivity index (χ1) is 13.6. The number of nitrogens with one attached hydrogen (secondary N) is 1. The maximum absolute atomic E-state index is 12.4. The van der Waals surface area contributed by atoms with Crippen LogP contribution in [0.2, 0.25) is 5.02 Å². The molecule has 0 saturated carbocycles. The third-order valence-corrected chi connectivity index (χ3v) is 5.76. The first-order valence-electron chi connectivity index (χ1n) is 9.32. The van der Waals surface area contributed by atoms with Crippen LogP contribution in [0.15, 0.2) is 34.4 Å². The highest BCUT2D eigenvalue weighted by Crippen LogP contribution is 2.24. The first-order valence-corrected chi connectivity index (χ1v) is 10.9. The molecule has 2 heterocycles. The molecule has 1 atom stereocenters. The lowest BCUT2D eigenvalue weighted by Gasteiger charge is -2.25. The van der Waals surface area contributed by atoms with E-state index in [2.05, 4.69) is 17.2 Å². The predicted molar refractivity (Wildman–Crippen MR) is 113 cm³/mol. The summed E-state index contributed by atoms with van der Waals surface area (Å²) in [5, 5.41) is 18.8. The van der Waals surface area contributed by atoms with Gasteiger partial charge in [0, 0.05) is 29.3 Å². The molecule has 148 valence electrons. The Morgan fingerprint density at radius 1 is 1.46 bits per heavy atom. The van der Waals surface area contributed by atoms with E-state index in [1.54, 1.807) is 16.8 Å². The molecule has 0 aromatic heterocycles. The van der Waals surface area contributed by atoms with Gasteiger partial charge in [-0.2, -0.15) is 22.1 Å². The van der Waals surface area contributed by atoms with E-state index in [1.165, 1.54) is 0 Å². The van der Waals surface area contributed by atoms with Gasteiger partial charge in [-0.3, -0.25) is 10.1 Å². The van der Waals surface area contributed by atoms with Crippen molar-refractivity contribution >= 4 is 40.9 Å². The van der Waals surface area contributed by atoms with Gasteiger partial charge in [0.15, 0.2) is 6.19 Å². The maximum Gasteiger partial charge on any atom is 0.228 e. The fourth-order valence-corrected chi connectivity index (χ4v) is 3.97. The summed E-state index contributed by atoms with van der Waals surface area (Å²) in [6.07, 6.45) is 3.37. The second-order valence-corrected chi connectivity index (χ2v) is 8.25. The number of halogens is 1. The molecule has 2 aliphatic rings. The van der Waals surface area contributed by atoms with Gasteiger partial charge >= 0.3 is 0 Å². The highest BCUT2D eigenvalue weighted by Gasteiger charge is 2.38. The summed E-state index contributed by atoms with van der Waals surface area (Å²) in [7, 11) is 0. The summed E-state index contributed by atoms with van der Waals surface area (Å²) in [6.45, 7) is 3.88. The molecule has 0 radical (unpaired) electrons. The number of guanidine groups is 1. The number of amides is 1. The van der Waals surface area contributed by atoms with Crippen molar-refractivity contribution in [3.8, 4) is 6.19 Å². The molecule has 2 aliphatic heterocycles. The fraction of sp³-hybridized carbons (Fsp3) is 0.474. The maximum atomic E-state index is 12.4. The number of nitrogens with zero attached hydrogens (tertiary/aromatic N) is 5. The van der Waals surface area contributed by atoms with E-state index in [0.29, 0.717) is 30.5 Å². The number of likely N-dealkylation sites (tertiary alicyclic amines) is 1. The van der Waals surface area contributed by atoms with Gasteiger partial charge in [0.25, 0.3) is 0 Å². The first kappa shape index (κ1) is 20.5. The van der Waals surface area contributed by atoms with Gasteiger partial charge in [-0.1, -0.05) is 30.7 Å². The van der Waals surface area contributed by atoms with E-state index in [0.717, 1.165) is 35.7 Å². The Kier molecular flexibility index (Phi) is 7.18. The molecular weight excluding hydrogens is 396 g/mol. The number of aliphatic imine (C=N–C) groups is 1. The van der Waals surface area contributed by atoms with Crippen LogP contribution in [-0.4, -0.2) is 64.7 Å². The van der Waals surface area contributed by atoms with Crippen molar-refractivity contribution in [1.29, 1.82) is 5.26 Å². The number of rotatable bonds is 6. The highest BCUT2D eigenvalue weighted by molar-refractivity contribution is 7.99. The Bertz CT molecular complexity index is 804. The van der Waals surface area contributed by atoms with E-state index in [4.69, 9.17) is 22.0 Å². The SMILES string of the molecule is CCSCCN=C(NC#N)N1CC(N2CCCC2=O)C(c2ccc(Cl)cc2)=N1. The fourth-order valence-electron chi connectivity index (χ4n) is 3.33. The van der Waals surface area contributed by atoms with Crippen molar-refractivity contribution in [2.75, 3.05) is 31.1 Å². The smallest absolute Gasteiger partial charge is 0.228 e. The van der Waals surface area contributed by atoms with Crippen molar-refractivity contribution in [3.63, 3.8) is 0 Å². The molecule has 0 spiro atoms. The molecule has 28 heavy (non-hydrogen) atoms. The lowest BCUT2D eigenvalue weighted by molar-refractivity contribution is -0.128. The minimum absolute atomic E-state index is 0.139. The van der Waals surface area contributed by atoms with E-state index >= 15 is 0 Å². The van der Waals surface area contributed by atoms with Crippen LogP contribution in [0.3, 0.4) is 0 Å². The number of hydrogen-bond donors (Lipinski definition) is 1. The number of hydrogen-bond acceptors (Lipinski definition) is 5. The summed E-state index contributed by atoms with van der Waals surface area (Å²) in [4.78, 5) is 18.8. The van der Waals surface area contributed by atoms with Crippen molar-refractivity contribution in [2.45, 2.75) is 25.8 Å². The second kappa shape index (κ2) is 9.80. The molecule has 1 saturated heterocycles. The third kappa shape index (κ3) is 4.78. The van der Waals surface area contributed by atoms with Gasteiger partial charge in [0.1, 0.15) is 0 Å². The van der Waals surface area contributed by atoms with Gasteiger partial charge in [-0.05, 0) is 24.3 Å². The monoisotopic (exact) mass is 418 g/mol. The van der Waals surface area contributed by atoms with Gasteiger partial charge in [-0.15, -0.1) is 0 Å². The van der Waals surface area contributed by atoms with Gasteiger partial charge < -0.3 is 4.90 Å². The average Bonchev–Trinajstić information content (AvgIpc) is 3.31. The number of carbonyl (C=O) groups is 1. The lowest BCUT2D eigenvalue weighted by Crippen LogP contribution is -2.45. The number of carbonyl (C=O) groups excluding carboxylic acids is 1. The standard InChI is InChI=1S/C19H23ClN6OS/c1-2-28-11-9-22-19(23-13-21)26-12-16(25-10-3-4-17(25)27)18(24-26)14-5-7-15(20)8-6-14/h5-8,16H,2-4,9-12H2,1H3,(H,22,23). The topological polar surface area (TPSA) is 84.1 Å². The third-order valence-electron chi connectivity index (χ3n) is 4.63. The zero-order valence-corrected chi connectivity index (χ0v) is 17.3. The van der Waals surface area contributed by atoms with Crippen LogP contribution in [-0.2, 0) is 4.79 Å². The van der Waals surface area contributed by atoms with Crippen LogP contribution >= 0.6 is 23.4 Å². The van der Waals surface area contributed by atoms with Crippen LogP contribution in [0.4, 0.5) is 0 Å². The zero-order chi connectivity index (χ0) is 19.9. The molecule has 3 rings (SSSR count). The van der Waals surface area contributed by atoms with Crippen LogP contribution in [0.5, 0.6) is 0 Å². The molecule has 1 fully saturated rings. The molecule has 0 aliphatic carbocycles. The summed E-state index contributed by atoms with van der Waals surface area (Å²) in [5.41, 5.74) is 1.71. The van der Waals surface area contributed by atoms with Gasteiger partial charge in [0.05, 0.1) is 24.8 Å². The minimum atomic E-state index is -0.174. The number of hydrazone groups is 1. The summed E-state index contributed by atoms with van der Waals surface area (Å²) < 4.78 is 0. The lowest BCUT2D eigenvalue weighted by atomic mass is 10.0. The van der Waals surface area contributed by atoms with Crippen LogP contribution in [0, 0.1) is 11.5 Å². The Morgan fingerprint density at radius 2 is 2.25 bits per heavy atom. The van der Waals surface area contributed by atoms with Crippen molar-refractivity contribution < 1.29 is 4.79 Å². The Balaban J connectivity index is 1.88. The molecule has 1 aromatic rings. The van der Waals surface area contributed by atoms with Crippen LogP contribution < -0.4 is 5.32 Å². The van der Waals surface area contributed by atoms with Crippen LogP contribution in [0.1, 0.15) is 25.3 Å². The normalized spacial score (nSPS) is 19.8. The van der Waals surface area contributed by atoms with Gasteiger partial charge in [-0.25, -0.2) is 10.0 Å².